The van der Waals surface area contributed by atoms with Crippen molar-refractivity contribution in [1.82, 2.24) is 4.90 Å². The van der Waals surface area contributed by atoms with Crippen molar-refractivity contribution in [2.24, 2.45) is 5.92 Å². The minimum absolute atomic E-state index is 0.182. The van der Waals surface area contributed by atoms with Gasteiger partial charge in [-0.25, -0.2) is 8.78 Å². The SMILES string of the molecule is O=C(O)CN(Cc1ccccc1)C(=O)C1CC1c1ccc(F)cc1F. The third kappa shape index (κ3) is 4.02. The van der Waals surface area contributed by atoms with Gasteiger partial charge in [0.1, 0.15) is 18.2 Å². The Kier molecular flexibility index (Phi) is 4.79. The summed E-state index contributed by atoms with van der Waals surface area (Å²) in [5.41, 5.74) is 1.12. The largest absolute Gasteiger partial charge is 0.480 e. The zero-order chi connectivity index (χ0) is 18.0. The molecule has 0 spiro atoms. The van der Waals surface area contributed by atoms with Crippen LogP contribution in [0.3, 0.4) is 0 Å². The van der Waals surface area contributed by atoms with Crippen LogP contribution in [0.4, 0.5) is 8.78 Å². The molecule has 0 bridgehead atoms. The number of amides is 1. The number of aliphatic carboxylic acids is 1. The molecular weight excluding hydrogens is 328 g/mol. The van der Waals surface area contributed by atoms with Crippen LogP contribution in [0, 0.1) is 17.6 Å². The van der Waals surface area contributed by atoms with Gasteiger partial charge in [0.15, 0.2) is 0 Å². The van der Waals surface area contributed by atoms with Crippen LogP contribution in [0.25, 0.3) is 0 Å². The lowest BCUT2D eigenvalue weighted by Gasteiger charge is -2.21. The fourth-order valence-corrected chi connectivity index (χ4v) is 3.03. The summed E-state index contributed by atoms with van der Waals surface area (Å²) in [4.78, 5) is 25.0. The molecule has 0 aliphatic heterocycles. The maximum atomic E-state index is 13.9. The molecule has 0 aromatic heterocycles. The van der Waals surface area contributed by atoms with Crippen molar-refractivity contribution in [3.8, 4) is 0 Å². The summed E-state index contributed by atoms with van der Waals surface area (Å²) in [6.07, 6.45) is 0.437. The van der Waals surface area contributed by atoms with Crippen LogP contribution in [0.5, 0.6) is 0 Å². The van der Waals surface area contributed by atoms with Crippen LogP contribution in [0.15, 0.2) is 48.5 Å². The van der Waals surface area contributed by atoms with Gasteiger partial charge in [-0.05, 0) is 29.5 Å². The van der Waals surface area contributed by atoms with Gasteiger partial charge >= 0.3 is 5.97 Å². The number of benzene rings is 2. The topological polar surface area (TPSA) is 57.6 Å². The number of hydrogen-bond acceptors (Lipinski definition) is 2. The van der Waals surface area contributed by atoms with Crippen LogP contribution in [0.1, 0.15) is 23.5 Å². The van der Waals surface area contributed by atoms with E-state index in [9.17, 15) is 18.4 Å². The van der Waals surface area contributed by atoms with E-state index in [1.807, 2.05) is 30.3 Å². The van der Waals surface area contributed by atoms with Crippen LogP contribution in [-0.2, 0) is 16.1 Å². The first kappa shape index (κ1) is 17.1. The highest BCUT2D eigenvalue weighted by atomic mass is 19.1. The molecule has 1 aliphatic carbocycles. The Bertz CT molecular complexity index is 795. The molecule has 1 aliphatic rings. The molecule has 2 unspecified atom stereocenters. The van der Waals surface area contributed by atoms with E-state index in [0.717, 1.165) is 17.7 Å². The first-order valence-corrected chi connectivity index (χ1v) is 7.95. The number of carboxylic acid groups (broad SMARTS) is 1. The lowest BCUT2D eigenvalue weighted by Crippen LogP contribution is -2.36. The van der Waals surface area contributed by atoms with E-state index in [0.29, 0.717) is 12.0 Å². The second kappa shape index (κ2) is 7.01. The summed E-state index contributed by atoms with van der Waals surface area (Å²) >= 11 is 0. The van der Waals surface area contributed by atoms with Crippen molar-refractivity contribution >= 4 is 11.9 Å². The first-order chi connectivity index (χ1) is 12.0. The molecule has 3 rings (SSSR count). The molecule has 1 fully saturated rings. The Labute approximate surface area is 143 Å². The van der Waals surface area contributed by atoms with Crippen LogP contribution < -0.4 is 0 Å². The molecule has 0 radical (unpaired) electrons. The number of carbonyl (C=O) groups is 2. The van der Waals surface area contributed by atoms with Crippen molar-refractivity contribution in [2.45, 2.75) is 18.9 Å². The second-order valence-electron chi connectivity index (χ2n) is 6.19. The van der Waals surface area contributed by atoms with Gasteiger partial charge in [-0.15, -0.1) is 0 Å². The molecule has 6 heteroatoms. The van der Waals surface area contributed by atoms with E-state index in [4.69, 9.17) is 5.11 Å². The summed E-state index contributed by atoms with van der Waals surface area (Å²) < 4.78 is 26.9. The van der Waals surface area contributed by atoms with E-state index in [1.54, 1.807) is 0 Å². The van der Waals surface area contributed by atoms with E-state index >= 15 is 0 Å². The first-order valence-electron chi connectivity index (χ1n) is 7.95. The molecule has 2 atom stereocenters. The van der Waals surface area contributed by atoms with Gasteiger partial charge in [0.2, 0.25) is 5.91 Å². The zero-order valence-electron chi connectivity index (χ0n) is 13.4. The van der Waals surface area contributed by atoms with Gasteiger partial charge in [-0.2, -0.15) is 0 Å². The highest BCUT2D eigenvalue weighted by Gasteiger charge is 2.47. The number of rotatable bonds is 6. The molecule has 2 aromatic rings. The van der Waals surface area contributed by atoms with Gasteiger partial charge < -0.3 is 10.0 Å². The molecule has 1 N–H and O–H groups in total. The average Bonchev–Trinajstić information content (AvgIpc) is 3.34. The van der Waals surface area contributed by atoms with Gasteiger partial charge in [0.05, 0.1) is 0 Å². The van der Waals surface area contributed by atoms with Gasteiger partial charge in [0.25, 0.3) is 0 Å². The van der Waals surface area contributed by atoms with Crippen LogP contribution >= 0.6 is 0 Å². The predicted molar refractivity (Wildman–Crippen MR) is 86.7 cm³/mol. The minimum Gasteiger partial charge on any atom is -0.480 e. The highest BCUT2D eigenvalue weighted by Crippen LogP contribution is 2.49. The van der Waals surface area contributed by atoms with Crippen molar-refractivity contribution in [2.75, 3.05) is 6.54 Å². The van der Waals surface area contributed by atoms with Crippen molar-refractivity contribution in [3.63, 3.8) is 0 Å². The average molecular weight is 345 g/mol. The fraction of sp³-hybridized carbons (Fsp3) is 0.263. The lowest BCUT2D eigenvalue weighted by molar-refractivity contribution is -0.145. The number of nitrogens with zero attached hydrogens (tertiary/aromatic N) is 1. The van der Waals surface area contributed by atoms with Gasteiger partial charge in [-0.3, -0.25) is 9.59 Å². The summed E-state index contributed by atoms with van der Waals surface area (Å²) in [5.74, 6) is -3.56. The minimum atomic E-state index is -1.10. The monoisotopic (exact) mass is 345 g/mol. The maximum Gasteiger partial charge on any atom is 0.323 e. The summed E-state index contributed by atoms with van der Waals surface area (Å²) in [6.45, 7) is -0.232. The summed E-state index contributed by atoms with van der Waals surface area (Å²) in [6, 6.07) is 12.4. The normalized spacial score (nSPS) is 18.6. The zero-order valence-corrected chi connectivity index (χ0v) is 13.4. The van der Waals surface area contributed by atoms with Gasteiger partial charge in [0, 0.05) is 18.5 Å². The van der Waals surface area contributed by atoms with E-state index in [-0.39, 0.29) is 18.4 Å². The van der Waals surface area contributed by atoms with E-state index < -0.39 is 30.1 Å². The Hall–Kier alpha value is -2.76. The standard InChI is InChI=1S/C19H17F2NO3/c20-13-6-7-14(17(21)8-13)15-9-16(15)19(25)22(11-18(23)24)10-12-4-2-1-3-5-12/h1-8,15-16H,9-11H2,(H,23,24). The third-order valence-electron chi connectivity index (χ3n) is 4.32. The molecule has 1 amide bonds. The lowest BCUT2D eigenvalue weighted by atomic mass is 10.1. The van der Waals surface area contributed by atoms with Crippen molar-refractivity contribution in [3.05, 3.63) is 71.3 Å². The second-order valence-corrected chi connectivity index (χ2v) is 6.19. The van der Waals surface area contributed by atoms with E-state index in [2.05, 4.69) is 0 Å². The quantitative estimate of drug-likeness (QED) is 0.875. The van der Waals surface area contributed by atoms with Gasteiger partial charge in [-0.1, -0.05) is 36.4 Å². The predicted octanol–water partition coefficient (Wildman–Crippen LogP) is 3.18. The molecule has 2 aromatic carbocycles. The van der Waals surface area contributed by atoms with E-state index in [1.165, 1.54) is 11.0 Å². The Morgan fingerprint density at radius 2 is 1.84 bits per heavy atom. The summed E-state index contributed by atoms with van der Waals surface area (Å²) in [5, 5.41) is 9.08. The van der Waals surface area contributed by atoms with Crippen molar-refractivity contribution < 1.29 is 23.5 Å². The van der Waals surface area contributed by atoms with Crippen LogP contribution in [-0.4, -0.2) is 28.4 Å². The Morgan fingerprint density at radius 3 is 2.48 bits per heavy atom. The summed E-state index contributed by atoms with van der Waals surface area (Å²) in [7, 11) is 0. The molecule has 25 heavy (non-hydrogen) atoms. The maximum absolute atomic E-state index is 13.9. The molecule has 1 saturated carbocycles. The van der Waals surface area contributed by atoms with Crippen LogP contribution in [0.2, 0.25) is 0 Å². The van der Waals surface area contributed by atoms with Crippen molar-refractivity contribution in [1.29, 1.82) is 0 Å². The number of carbonyl (C=O) groups excluding carboxylic acids is 1. The molecule has 130 valence electrons. The smallest absolute Gasteiger partial charge is 0.323 e. The number of halogens is 2. The number of hydrogen-bond donors (Lipinski definition) is 1. The third-order valence-corrected chi connectivity index (χ3v) is 4.32. The number of carboxylic acids is 1. The fourth-order valence-electron chi connectivity index (χ4n) is 3.03. The highest BCUT2D eigenvalue weighted by molar-refractivity contribution is 5.86. The molecule has 4 nitrogen and oxygen atoms in total. The molecule has 0 heterocycles. The molecule has 0 saturated heterocycles. The molecular formula is C19H17F2NO3. The Morgan fingerprint density at radius 1 is 1.12 bits per heavy atom. The Balaban J connectivity index is 1.73.